The molecule has 2 unspecified atom stereocenters. The molecule has 104 valence electrons. The molecule has 1 aliphatic rings. The predicted octanol–water partition coefficient (Wildman–Crippen LogP) is 3.99. The summed E-state index contributed by atoms with van der Waals surface area (Å²) in [6.07, 6.45) is 6.87. The van der Waals surface area contributed by atoms with Crippen molar-refractivity contribution in [1.82, 2.24) is 0 Å². The van der Waals surface area contributed by atoms with Crippen LogP contribution in [-0.4, -0.2) is 22.5 Å². The van der Waals surface area contributed by atoms with E-state index in [9.17, 15) is 10.1 Å². The summed E-state index contributed by atoms with van der Waals surface area (Å²) in [6.45, 7) is 1.79. The average Bonchev–Trinajstić information content (AvgIpc) is 2.39. The molecule has 0 heterocycles. The van der Waals surface area contributed by atoms with Gasteiger partial charge < -0.3 is 5.32 Å². The third-order valence-electron chi connectivity index (χ3n) is 3.77. The first-order chi connectivity index (χ1) is 9.13. The number of anilines is 1. The normalized spacial score (nSPS) is 23.1. The maximum atomic E-state index is 11.2. The Morgan fingerprint density at radius 1 is 1.37 bits per heavy atom. The second-order valence-corrected chi connectivity index (χ2v) is 6.11. The number of aryl methyl sites for hydroxylation is 1. The first kappa shape index (κ1) is 14.2. The molecule has 0 bridgehead atoms. The quantitative estimate of drug-likeness (QED) is 0.669. The maximum Gasteiger partial charge on any atom is 0.295 e. The molecule has 0 aliphatic heterocycles. The molecule has 4 nitrogen and oxygen atoms in total. The van der Waals surface area contributed by atoms with E-state index in [4.69, 9.17) is 0 Å². The standard InChI is InChI=1S/C14H20N2O2S/c1-10-6-5-8-12(14(10)16(17)18)15-11-7-3-4-9-13(11)19-2/h5-6,8,11,13,15H,3-4,7,9H2,1-2H3. The Kier molecular flexibility index (Phi) is 4.69. The summed E-state index contributed by atoms with van der Waals surface area (Å²) < 4.78 is 0. The van der Waals surface area contributed by atoms with Gasteiger partial charge in [-0.05, 0) is 32.1 Å². The molecule has 0 aromatic heterocycles. The third-order valence-corrected chi connectivity index (χ3v) is 4.94. The van der Waals surface area contributed by atoms with Crippen molar-refractivity contribution in [1.29, 1.82) is 0 Å². The lowest BCUT2D eigenvalue weighted by molar-refractivity contribution is -0.384. The first-order valence-electron chi connectivity index (χ1n) is 6.67. The average molecular weight is 280 g/mol. The van der Waals surface area contributed by atoms with Crippen molar-refractivity contribution in [2.24, 2.45) is 0 Å². The molecule has 0 saturated heterocycles. The monoisotopic (exact) mass is 280 g/mol. The largest absolute Gasteiger partial charge is 0.376 e. The number of nitrogens with one attached hydrogen (secondary N) is 1. The topological polar surface area (TPSA) is 55.2 Å². The van der Waals surface area contributed by atoms with E-state index in [0.717, 1.165) is 6.42 Å². The van der Waals surface area contributed by atoms with Crippen molar-refractivity contribution >= 4 is 23.1 Å². The van der Waals surface area contributed by atoms with Gasteiger partial charge >= 0.3 is 0 Å². The minimum absolute atomic E-state index is 0.216. The van der Waals surface area contributed by atoms with Crippen molar-refractivity contribution < 1.29 is 4.92 Å². The first-order valence-corrected chi connectivity index (χ1v) is 7.95. The highest BCUT2D eigenvalue weighted by atomic mass is 32.2. The molecule has 1 aliphatic carbocycles. The number of nitro groups is 1. The van der Waals surface area contributed by atoms with Gasteiger partial charge in [0.05, 0.1) is 4.92 Å². The highest BCUT2D eigenvalue weighted by Gasteiger charge is 2.26. The fourth-order valence-corrected chi connectivity index (χ4v) is 3.70. The van der Waals surface area contributed by atoms with Gasteiger partial charge in [0.2, 0.25) is 0 Å². The van der Waals surface area contributed by atoms with Gasteiger partial charge in [-0.25, -0.2) is 0 Å². The number of para-hydroxylation sites is 1. The van der Waals surface area contributed by atoms with Crippen LogP contribution in [0.15, 0.2) is 18.2 Å². The molecule has 1 saturated carbocycles. The Bertz CT molecular complexity index is 465. The summed E-state index contributed by atoms with van der Waals surface area (Å²) in [7, 11) is 0. The van der Waals surface area contributed by atoms with Crippen LogP contribution in [0.25, 0.3) is 0 Å². The fraction of sp³-hybridized carbons (Fsp3) is 0.571. The van der Waals surface area contributed by atoms with Crippen LogP contribution in [0, 0.1) is 17.0 Å². The fourth-order valence-electron chi connectivity index (χ4n) is 2.76. The van der Waals surface area contributed by atoms with Gasteiger partial charge in [0.15, 0.2) is 0 Å². The third kappa shape index (κ3) is 3.21. The summed E-state index contributed by atoms with van der Waals surface area (Å²) in [6, 6.07) is 5.82. The highest BCUT2D eigenvalue weighted by Crippen LogP contribution is 2.33. The van der Waals surface area contributed by atoms with E-state index in [1.807, 2.05) is 23.9 Å². The van der Waals surface area contributed by atoms with Crippen LogP contribution in [0.3, 0.4) is 0 Å². The van der Waals surface area contributed by atoms with E-state index in [2.05, 4.69) is 11.6 Å². The second-order valence-electron chi connectivity index (χ2n) is 5.04. The van der Waals surface area contributed by atoms with E-state index in [1.54, 1.807) is 13.0 Å². The highest BCUT2D eigenvalue weighted by molar-refractivity contribution is 7.99. The number of hydrogen-bond acceptors (Lipinski definition) is 4. The summed E-state index contributed by atoms with van der Waals surface area (Å²) in [5.41, 5.74) is 1.59. The van der Waals surface area contributed by atoms with Crippen molar-refractivity contribution in [2.45, 2.75) is 43.9 Å². The van der Waals surface area contributed by atoms with Crippen molar-refractivity contribution in [3.8, 4) is 0 Å². The summed E-state index contributed by atoms with van der Waals surface area (Å²) in [5, 5.41) is 15.2. The van der Waals surface area contributed by atoms with Crippen LogP contribution < -0.4 is 5.32 Å². The van der Waals surface area contributed by atoms with Crippen molar-refractivity contribution in [3.63, 3.8) is 0 Å². The minimum Gasteiger partial charge on any atom is -0.376 e. The molecule has 0 amide bonds. The van der Waals surface area contributed by atoms with Crippen LogP contribution in [0.1, 0.15) is 31.2 Å². The smallest absolute Gasteiger partial charge is 0.295 e. The Labute approximate surface area is 118 Å². The Balaban J connectivity index is 2.22. The van der Waals surface area contributed by atoms with Gasteiger partial charge in [0, 0.05) is 16.9 Å². The maximum absolute atomic E-state index is 11.2. The second kappa shape index (κ2) is 6.28. The van der Waals surface area contributed by atoms with Crippen molar-refractivity contribution in [3.05, 3.63) is 33.9 Å². The molecule has 1 N–H and O–H groups in total. The van der Waals surface area contributed by atoms with Crippen LogP contribution >= 0.6 is 11.8 Å². The van der Waals surface area contributed by atoms with E-state index >= 15 is 0 Å². The van der Waals surface area contributed by atoms with Crippen LogP contribution in [0.4, 0.5) is 11.4 Å². The van der Waals surface area contributed by atoms with Gasteiger partial charge in [-0.15, -0.1) is 0 Å². The molecule has 2 rings (SSSR count). The SMILES string of the molecule is CSC1CCCCC1Nc1cccc(C)c1[N+](=O)[O-]. The van der Waals surface area contributed by atoms with Gasteiger partial charge in [-0.2, -0.15) is 11.8 Å². The number of rotatable bonds is 4. The lowest BCUT2D eigenvalue weighted by Crippen LogP contribution is -2.34. The lowest BCUT2D eigenvalue weighted by Gasteiger charge is -2.31. The van der Waals surface area contributed by atoms with Crippen LogP contribution in [-0.2, 0) is 0 Å². The number of thioether (sulfide) groups is 1. The summed E-state index contributed by atoms with van der Waals surface area (Å²) in [4.78, 5) is 10.9. The number of nitrogens with zero attached hydrogens (tertiary/aromatic N) is 1. The van der Waals surface area contributed by atoms with Crippen LogP contribution in [0.5, 0.6) is 0 Å². The van der Waals surface area contributed by atoms with E-state index in [1.165, 1.54) is 19.3 Å². The Morgan fingerprint density at radius 2 is 2.11 bits per heavy atom. The van der Waals surface area contributed by atoms with Gasteiger partial charge in [0.1, 0.15) is 5.69 Å². The number of nitro benzene ring substituents is 1. The molecule has 1 aromatic rings. The Morgan fingerprint density at radius 3 is 2.79 bits per heavy atom. The number of benzene rings is 1. The molecule has 1 fully saturated rings. The molecule has 1 aromatic carbocycles. The number of hydrogen-bond donors (Lipinski definition) is 1. The zero-order chi connectivity index (χ0) is 13.8. The van der Waals surface area contributed by atoms with Gasteiger partial charge in [0.25, 0.3) is 5.69 Å². The Hall–Kier alpha value is -1.23. The zero-order valence-corrected chi connectivity index (χ0v) is 12.2. The zero-order valence-electron chi connectivity index (χ0n) is 11.4. The van der Waals surface area contributed by atoms with Gasteiger partial charge in [-0.3, -0.25) is 10.1 Å². The lowest BCUT2D eigenvalue weighted by atomic mass is 9.94. The molecule has 2 atom stereocenters. The predicted molar refractivity (Wildman–Crippen MR) is 81.0 cm³/mol. The summed E-state index contributed by atoms with van der Waals surface area (Å²) in [5.74, 6) is 0. The molecule has 0 radical (unpaired) electrons. The molecular formula is C14H20N2O2S. The summed E-state index contributed by atoms with van der Waals surface area (Å²) >= 11 is 1.86. The molecule has 5 heteroatoms. The molecule has 19 heavy (non-hydrogen) atoms. The van der Waals surface area contributed by atoms with E-state index in [-0.39, 0.29) is 10.6 Å². The van der Waals surface area contributed by atoms with Crippen LogP contribution in [0.2, 0.25) is 0 Å². The molecular weight excluding hydrogens is 260 g/mol. The minimum atomic E-state index is -0.283. The van der Waals surface area contributed by atoms with Crippen molar-refractivity contribution in [2.75, 3.05) is 11.6 Å². The van der Waals surface area contributed by atoms with Gasteiger partial charge in [-0.1, -0.05) is 25.0 Å². The van der Waals surface area contributed by atoms with E-state index in [0.29, 0.717) is 22.5 Å². The van der Waals surface area contributed by atoms with E-state index < -0.39 is 0 Å². The molecule has 0 spiro atoms.